The van der Waals surface area contributed by atoms with Gasteiger partial charge in [-0.25, -0.2) is 8.78 Å². The molecule has 0 radical (unpaired) electrons. The molecule has 1 aromatic rings. The number of carbonyl (C=O) groups is 1. The van der Waals surface area contributed by atoms with E-state index in [0.29, 0.717) is 5.56 Å². The summed E-state index contributed by atoms with van der Waals surface area (Å²) in [6.07, 6.45) is 0. The maximum atomic E-state index is 12.8. The fourth-order valence-corrected chi connectivity index (χ4v) is 1.16. The molecular formula is C10H12F2N2O. The van der Waals surface area contributed by atoms with Crippen LogP contribution in [0.1, 0.15) is 5.56 Å². The van der Waals surface area contributed by atoms with Crippen molar-refractivity contribution in [3.05, 3.63) is 35.4 Å². The van der Waals surface area contributed by atoms with Crippen molar-refractivity contribution >= 4 is 5.91 Å². The highest BCUT2D eigenvalue weighted by atomic mass is 19.2. The Morgan fingerprint density at radius 2 is 2.07 bits per heavy atom. The fraction of sp³-hybridized carbons (Fsp3) is 0.300. The van der Waals surface area contributed by atoms with E-state index in [1.165, 1.54) is 11.0 Å². The van der Waals surface area contributed by atoms with Crippen molar-refractivity contribution in [2.24, 2.45) is 5.73 Å². The summed E-state index contributed by atoms with van der Waals surface area (Å²) >= 11 is 0. The minimum atomic E-state index is -0.916. The molecule has 0 aliphatic heterocycles. The van der Waals surface area contributed by atoms with Gasteiger partial charge in [-0.15, -0.1) is 0 Å². The van der Waals surface area contributed by atoms with Crippen LogP contribution in [0.3, 0.4) is 0 Å². The molecule has 82 valence electrons. The summed E-state index contributed by atoms with van der Waals surface area (Å²) in [5.41, 5.74) is 5.68. The van der Waals surface area contributed by atoms with E-state index in [9.17, 15) is 13.6 Å². The summed E-state index contributed by atoms with van der Waals surface area (Å²) in [7, 11) is 1.55. The number of hydrogen-bond acceptors (Lipinski definition) is 2. The molecule has 0 unspecified atom stereocenters. The third-order valence-electron chi connectivity index (χ3n) is 2.00. The summed E-state index contributed by atoms with van der Waals surface area (Å²) in [4.78, 5) is 12.5. The van der Waals surface area contributed by atoms with Crippen LogP contribution in [-0.2, 0) is 11.3 Å². The summed E-state index contributed by atoms with van der Waals surface area (Å²) in [5.74, 6) is -2.06. The van der Waals surface area contributed by atoms with Gasteiger partial charge in [-0.1, -0.05) is 6.07 Å². The van der Waals surface area contributed by atoms with Crippen molar-refractivity contribution in [2.75, 3.05) is 13.6 Å². The van der Waals surface area contributed by atoms with Gasteiger partial charge in [0.25, 0.3) is 0 Å². The number of nitrogens with two attached hydrogens (primary N) is 1. The topological polar surface area (TPSA) is 46.3 Å². The molecule has 0 spiro atoms. The van der Waals surface area contributed by atoms with Crippen LogP contribution in [-0.4, -0.2) is 24.4 Å². The first kappa shape index (κ1) is 11.6. The van der Waals surface area contributed by atoms with Gasteiger partial charge < -0.3 is 10.6 Å². The Balaban J connectivity index is 2.73. The first-order valence-electron chi connectivity index (χ1n) is 4.42. The predicted molar refractivity (Wildman–Crippen MR) is 51.9 cm³/mol. The summed E-state index contributed by atoms with van der Waals surface area (Å²) < 4.78 is 25.4. The average Bonchev–Trinajstić information content (AvgIpc) is 2.22. The number of amides is 1. The summed E-state index contributed by atoms with van der Waals surface area (Å²) in [5, 5.41) is 0. The lowest BCUT2D eigenvalue weighted by Gasteiger charge is -2.16. The quantitative estimate of drug-likeness (QED) is 0.812. The maximum Gasteiger partial charge on any atom is 0.236 e. The lowest BCUT2D eigenvalue weighted by Crippen LogP contribution is -2.32. The van der Waals surface area contributed by atoms with Crippen molar-refractivity contribution in [3.8, 4) is 0 Å². The van der Waals surface area contributed by atoms with Crippen molar-refractivity contribution < 1.29 is 13.6 Å². The largest absolute Gasteiger partial charge is 0.340 e. The van der Waals surface area contributed by atoms with Crippen LogP contribution in [0.4, 0.5) is 8.78 Å². The Morgan fingerprint density at radius 3 is 2.60 bits per heavy atom. The standard InChI is InChI=1S/C10H12F2N2O/c1-14(10(15)5-13)6-7-2-3-8(11)9(12)4-7/h2-4H,5-6,13H2,1H3. The number of benzene rings is 1. The van der Waals surface area contributed by atoms with Crippen molar-refractivity contribution in [2.45, 2.75) is 6.54 Å². The Labute approximate surface area is 86.5 Å². The van der Waals surface area contributed by atoms with Crippen LogP contribution < -0.4 is 5.73 Å². The van der Waals surface area contributed by atoms with Crippen LogP contribution in [0.15, 0.2) is 18.2 Å². The van der Waals surface area contributed by atoms with E-state index < -0.39 is 11.6 Å². The van der Waals surface area contributed by atoms with Gasteiger partial charge in [0, 0.05) is 13.6 Å². The second-order valence-corrected chi connectivity index (χ2v) is 3.20. The lowest BCUT2D eigenvalue weighted by molar-refractivity contribution is -0.128. The molecule has 0 saturated heterocycles. The van der Waals surface area contributed by atoms with Gasteiger partial charge in [0.15, 0.2) is 11.6 Å². The molecule has 1 rings (SSSR count). The molecule has 1 amide bonds. The zero-order valence-corrected chi connectivity index (χ0v) is 8.34. The number of hydrogen-bond donors (Lipinski definition) is 1. The Kier molecular flexibility index (Phi) is 3.74. The average molecular weight is 214 g/mol. The molecule has 2 N–H and O–H groups in total. The smallest absolute Gasteiger partial charge is 0.236 e. The second kappa shape index (κ2) is 4.84. The molecule has 0 bridgehead atoms. The Hall–Kier alpha value is -1.49. The minimum Gasteiger partial charge on any atom is -0.340 e. The molecule has 0 fully saturated rings. The molecule has 0 heterocycles. The highest BCUT2D eigenvalue weighted by Crippen LogP contribution is 2.10. The van der Waals surface area contributed by atoms with Crippen molar-refractivity contribution in [1.29, 1.82) is 0 Å². The van der Waals surface area contributed by atoms with E-state index in [1.807, 2.05) is 0 Å². The van der Waals surface area contributed by atoms with Crippen molar-refractivity contribution in [3.63, 3.8) is 0 Å². The van der Waals surface area contributed by atoms with Gasteiger partial charge in [0.1, 0.15) is 0 Å². The number of nitrogens with zero attached hydrogens (tertiary/aromatic N) is 1. The van der Waals surface area contributed by atoms with Gasteiger partial charge in [-0.3, -0.25) is 4.79 Å². The predicted octanol–water partition coefficient (Wildman–Crippen LogP) is 0.882. The van der Waals surface area contributed by atoms with Crippen molar-refractivity contribution in [1.82, 2.24) is 4.90 Å². The SMILES string of the molecule is CN(Cc1ccc(F)c(F)c1)C(=O)CN. The molecule has 0 saturated carbocycles. The highest BCUT2D eigenvalue weighted by Gasteiger charge is 2.08. The van der Waals surface area contributed by atoms with Gasteiger partial charge in [-0.05, 0) is 17.7 Å². The van der Waals surface area contributed by atoms with E-state index in [4.69, 9.17) is 5.73 Å². The van der Waals surface area contributed by atoms with Crippen LogP contribution in [0.2, 0.25) is 0 Å². The molecule has 5 heteroatoms. The molecular weight excluding hydrogens is 202 g/mol. The number of carbonyl (C=O) groups excluding carboxylic acids is 1. The normalized spacial score (nSPS) is 10.1. The van der Waals surface area contributed by atoms with Gasteiger partial charge >= 0.3 is 0 Å². The van der Waals surface area contributed by atoms with Gasteiger partial charge in [0.2, 0.25) is 5.91 Å². The Bertz CT molecular complexity index is 368. The van der Waals surface area contributed by atoms with Gasteiger partial charge in [0.05, 0.1) is 6.54 Å². The van der Waals surface area contributed by atoms with E-state index in [2.05, 4.69) is 0 Å². The van der Waals surface area contributed by atoms with E-state index in [1.54, 1.807) is 7.05 Å². The molecule has 0 aromatic heterocycles. The van der Waals surface area contributed by atoms with Crippen LogP contribution in [0.5, 0.6) is 0 Å². The third-order valence-corrected chi connectivity index (χ3v) is 2.00. The zero-order valence-electron chi connectivity index (χ0n) is 8.34. The van der Waals surface area contributed by atoms with E-state index in [0.717, 1.165) is 12.1 Å². The van der Waals surface area contributed by atoms with E-state index in [-0.39, 0.29) is 19.0 Å². The number of rotatable bonds is 3. The molecule has 0 atom stereocenters. The third kappa shape index (κ3) is 2.99. The summed E-state index contributed by atoms with van der Waals surface area (Å²) in [6, 6.07) is 3.53. The number of halogens is 2. The monoisotopic (exact) mass is 214 g/mol. The highest BCUT2D eigenvalue weighted by molar-refractivity contribution is 5.77. The molecule has 3 nitrogen and oxygen atoms in total. The molecule has 0 aliphatic carbocycles. The fourth-order valence-electron chi connectivity index (χ4n) is 1.16. The minimum absolute atomic E-state index is 0.0970. The van der Waals surface area contributed by atoms with Crippen LogP contribution >= 0.6 is 0 Å². The summed E-state index contributed by atoms with van der Waals surface area (Å²) in [6.45, 7) is 0.118. The zero-order chi connectivity index (χ0) is 11.4. The molecule has 15 heavy (non-hydrogen) atoms. The molecule has 0 aliphatic rings. The number of likely N-dealkylation sites (N-methyl/N-ethyl adjacent to an activating group) is 1. The first-order valence-corrected chi connectivity index (χ1v) is 4.42. The maximum absolute atomic E-state index is 12.8. The first-order chi connectivity index (χ1) is 7.04. The van der Waals surface area contributed by atoms with Gasteiger partial charge in [-0.2, -0.15) is 0 Å². The molecule has 1 aromatic carbocycles. The van der Waals surface area contributed by atoms with E-state index >= 15 is 0 Å². The van der Waals surface area contributed by atoms with Crippen LogP contribution in [0.25, 0.3) is 0 Å². The van der Waals surface area contributed by atoms with Crippen LogP contribution in [0, 0.1) is 11.6 Å². The Morgan fingerprint density at radius 1 is 1.40 bits per heavy atom. The second-order valence-electron chi connectivity index (χ2n) is 3.20. The lowest BCUT2D eigenvalue weighted by atomic mass is 10.2.